The fourth-order valence-electron chi connectivity index (χ4n) is 3.31. The molecule has 5 heteroatoms. The Morgan fingerprint density at radius 1 is 0.800 bits per heavy atom. The van der Waals surface area contributed by atoms with Crippen LogP contribution in [0, 0.1) is 0 Å². The average Bonchev–Trinajstić information content (AvgIpc) is 2.52. The van der Waals surface area contributed by atoms with Gasteiger partial charge in [0.2, 0.25) is 0 Å². The van der Waals surface area contributed by atoms with Crippen LogP contribution in [0.2, 0.25) is 0 Å². The molecule has 1 atom stereocenters. The van der Waals surface area contributed by atoms with Crippen LogP contribution in [0.15, 0.2) is 0 Å². The van der Waals surface area contributed by atoms with Gasteiger partial charge in [0, 0.05) is 0 Å². The lowest BCUT2D eigenvalue weighted by atomic mass is 9.85. The summed E-state index contributed by atoms with van der Waals surface area (Å²) in [6.45, 7) is 6.09. The van der Waals surface area contributed by atoms with Crippen LogP contribution in [0.1, 0.15) is 111 Å². The highest BCUT2D eigenvalue weighted by molar-refractivity contribution is 7.86. The van der Waals surface area contributed by atoms with Crippen LogP contribution in [-0.2, 0) is 14.3 Å². The first-order valence-electron chi connectivity index (χ1n) is 10.4. The van der Waals surface area contributed by atoms with E-state index in [0.717, 1.165) is 31.9 Å². The lowest BCUT2D eigenvalue weighted by Gasteiger charge is -2.33. The van der Waals surface area contributed by atoms with E-state index in [1.807, 2.05) is 0 Å². The molecule has 0 saturated heterocycles. The molecule has 0 aromatic heterocycles. The molecule has 0 rings (SSSR count). The van der Waals surface area contributed by atoms with Crippen molar-refractivity contribution in [1.29, 1.82) is 0 Å². The Kier molecular flexibility index (Phi) is 13.9. The van der Waals surface area contributed by atoms with Gasteiger partial charge < -0.3 is 5.11 Å². The van der Waals surface area contributed by atoms with Crippen LogP contribution >= 0.6 is 0 Å². The lowest BCUT2D eigenvalue weighted by molar-refractivity contribution is -0.0659. The smallest absolute Gasteiger partial charge is 0.264 e. The van der Waals surface area contributed by atoms with E-state index in [2.05, 4.69) is 13.8 Å². The predicted octanol–water partition coefficient (Wildman–Crippen LogP) is 5.58. The van der Waals surface area contributed by atoms with E-state index < -0.39 is 21.8 Å². The number of aliphatic hydroxyl groups is 1. The molecule has 152 valence electrons. The largest absolute Gasteiger partial charge is 0.387 e. The minimum absolute atomic E-state index is 0.616. The summed E-state index contributed by atoms with van der Waals surface area (Å²) in [5, 5.41) is 11.1. The Bertz CT molecular complexity index is 390. The SMILES string of the molecule is CCCCCCCCC(O)(CCCCCCCC)C(C)OS(C)(=O)=O. The number of hydrogen-bond donors (Lipinski definition) is 1. The first-order chi connectivity index (χ1) is 11.7. The summed E-state index contributed by atoms with van der Waals surface area (Å²) >= 11 is 0. The second kappa shape index (κ2) is 14.0. The van der Waals surface area contributed by atoms with Crippen molar-refractivity contribution in [2.75, 3.05) is 6.26 Å². The monoisotopic (exact) mass is 378 g/mol. The highest BCUT2D eigenvalue weighted by Crippen LogP contribution is 2.29. The molecule has 0 radical (unpaired) electrons. The highest BCUT2D eigenvalue weighted by Gasteiger charge is 2.35. The molecule has 1 N–H and O–H groups in total. The van der Waals surface area contributed by atoms with Crippen molar-refractivity contribution in [1.82, 2.24) is 0 Å². The van der Waals surface area contributed by atoms with E-state index >= 15 is 0 Å². The van der Waals surface area contributed by atoms with E-state index in [0.29, 0.717) is 12.8 Å². The summed E-state index contributed by atoms with van der Waals surface area (Å²) in [5.41, 5.74) is -1.04. The molecule has 4 nitrogen and oxygen atoms in total. The van der Waals surface area contributed by atoms with Gasteiger partial charge in [-0.2, -0.15) is 8.42 Å². The standard InChI is InChI=1S/C20H42O4S/c1-5-7-9-11-13-15-17-20(21,19(3)24-25(4,22)23)18-16-14-12-10-8-6-2/h19,21H,5-18H2,1-4H3. The molecule has 0 amide bonds. The second-order valence-corrected chi connectivity index (χ2v) is 9.18. The predicted molar refractivity (Wildman–Crippen MR) is 106 cm³/mol. The average molecular weight is 379 g/mol. The minimum atomic E-state index is -3.55. The van der Waals surface area contributed by atoms with Gasteiger partial charge >= 0.3 is 0 Å². The summed E-state index contributed by atoms with van der Waals surface area (Å²) in [6, 6.07) is 0. The molecule has 0 spiro atoms. The minimum Gasteiger partial charge on any atom is -0.387 e. The fraction of sp³-hybridized carbons (Fsp3) is 1.00. The summed E-state index contributed by atoms with van der Waals surface area (Å²) < 4.78 is 28.0. The van der Waals surface area contributed by atoms with Gasteiger partial charge in [-0.1, -0.05) is 90.9 Å². The van der Waals surface area contributed by atoms with Crippen LogP contribution < -0.4 is 0 Å². The number of rotatable bonds is 17. The van der Waals surface area contributed by atoms with Crippen molar-refractivity contribution in [2.24, 2.45) is 0 Å². The van der Waals surface area contributed by atoms with Crippen molar-refractivity contribution in [2.45, 2.75) is 122 Å². The molecule has 0 aromatic carbocycles. The van der Waals surface area contributed by atoms with Crippen molar-refractivity contribution in [3.8, 4) is 0 Å². The van der Waals surface area contributed by atoms with Gasteiger partial charge in [0.25, 0.3) is 10.1 Å². The summed E-state index contributed by atoms with van der Waals surface area (Å²) in [4.78, 5) is 0. The molecule has 0 aliphatic rings. The Balaban J connectivity index is 4.42. The quantitative estimate of drug-likeness (QED) is 0.265. The molecule has 0 bridgehead atoms. The molecule has 0 aliphatic heterocycles. The Hall–Kier alpha value is -0.130. The van der Waals surface area contributed by atoms with Crippen molar-refractivity contribution >= 4 is 10.1 Å². The highest BCUT2D eigenvalue weighted by atomic mass is 32.2. The topological polar surface area (TPSA) is 63.6 Å². The van der Waals surface area contributed by atoms with E-state index in [9.17, 15) is 13.5 Å². The third kappa shape index (κ3) is 13.7. The first kappa shape index (κ1) is 24.9. The van der Waals surface area contributed by atoms with E-state index in [4.69, 9.17) is 4.18 Å². The van der Waals surface area contributed by atoms with Crippen molar-refractivity contribution in [3.63, 3.8) is 0 Å². The fourth-order valence-corrected chi connectivity index (χ4v) is 4.01. The van der Waals surface area contributed by atoms with Gasteiger partial charge in [0.05, 0.1) is 11.9 Å². The lowest BCUT2D eigenvalue weighted by Crippen LogP contribution is -2.43. The van der Waals surface area contributed by atoms with Gasteiger partial charge in [0.15, 0.2) is 0 Å². The van der Waals surface area contributed by atoms with Gasteiger partial charge in [-0.15, -0.1) is 0 Å². The first-order valence-corrected chi connectivity index (χ1v) is 12.2. The van der Waals surface area contributed by atoms with Crippen LogP contribution in [0.3, 0.4) is 0 Å². The zero-order chi connectivity index (χ0) is 19.2. The van der Waals surface area contributed by atoms with E-state index in [1.54, 1.807) is 6.92 Å². The maximum atomic E-state index is 11.5. The Morgan fingerprint density at radius 2 is 1.16 bits per heavy atom. The number of unbranched alkanes of at least 4 members (excludes halogenated alkanes) is 10. The van der Waals surface area contributed by atoms with Gasteiger partial charge in [-0.05, 0) is 19.8 Å². The summed E-state index contributed by atoms with van der Waals surface area (Å²) in [5.74, 6) is 0. The summed E-state index contributed by atoms with van der Waals surface area (Å²) in [7, 11) is -3.55. The molecular formula is C20H42O4S. The molecule has 0 fully saturated rings. The van der Waals surface area contributed by atoms with Crippen LogP contribution in [-0.4, -0.2) is 31.5 Å². The molecular weight excluding hydrogens is 336 g/mol. The molecule has 0 aromatic rings. The van der Waals surface area contributed by atoms with Crippen LogP contribution in [0.4, 0.5) is 0 Å². The van der Waals surface area contributed by atoms with Crippen LogP contribution in [0.5, 0.6) is 0 Å². The second-order valence-electron chi connectivity index (χ2n) is 7.58. The zero-order valence-corrected chi connectivity index (χ0v) is 17.9. The van der Waals surface area contributed by atoms with Crippen molar-refractivity contribution < 1.29 is 17.7 Å². The normalized spacial score (nSPS) is 14.0. The molecule has 25 heavy (non-hydrogen) atoms. The number of hydrogen-bond acceptors (Lipinski definition) is 4. The van der Waals surface area contributed by atoms with E-state index in [-0.39, 0.29) is 0 Å². The van der Waals surface area contributed by atoms with E-state index in [1.165, 1.54) is 51.4 Å². The maximum Gasteiger partial charge on any atom is 0.264 e. The molecule has 0 heterocycles. The maximum absolute atomic E-state index is 11.5. The Morgan fingerprint density at radius 3 is 1.52 bits per heavy atom. The third-order valence-corrected chi connectivity index (χ3v) is 5.64. The van der Waals surface area contributed by atoms with Gasteiger partial charge in [0.1, 0.15) is 6.10 Å². The zero-order valence-electron chi connectivity index (χ0n) is 17.1. The summed E-state index contributed by atoms with van der Waals surface area (Å²) in [6.07, 6.45) is 15.4. The third-order valence-electron chi connectivity index (χ3n) is 5.00. The molecule has 0 saturated carbocycles. The van der Waals surface area contributed by atoms with Gasteiger partial charge in [-0.25, -0.2) is 0 Å². The molecule has 0 aliphatic carbocycles. The Labute approximate surface area is 156 Å². The van der Waals surface area contributed by atoms with Crippen molar-refractivity contribution in [3.05, 3.63) is 0 Å². The van der Waals surface area contributed by atoms with Crippen LogP contribution in [0.25, 0.3) is 0 Å². The van der Waals surface area contributed by atoms with Gasteiger partial charge in [-0.3, -0.25) is 4.18 Å². The molecule has 1 unspecified atom stereocenters.